The van der Waals surface area contributed by atoms with Crippen LogP contribution >= 0.6 is 22.7 Å². The summed E-state index contributed by atoms with van der Waals surface area (Å²) in [6.07, 6.45) is 1.48. The van der Waals surface area contributed by atoms with Crippen molar-refractivity contribution in [2.45, 2.75) is 38.1 Å². The van der Waals surface area contributed by atoms with Crippen molar-refractivity contribution in [3.8, 4) is 16.5 Å². The molecule has 3 aromatic heterocycles. The van der Waals surface area contributed by atoms with Crippen molar-refractivity contribution in [1.82, 2.24) is 20.5 Å². The number of fused-ring (bicyclic) bond motifs is 1. The molecule has 10 heteroatoms. The van der Waals surface area contributed by atoms with E-state index in [1.165, 1.54) is 22.3 Å². The first-order valence-electron chi connectivity index (χ1n) is 9.62. The largest absolute Gasteiger partial charge is 0.424 e. The van der Waals surface area contributed by atoms with E-state index < -0.39 is 5.54 Å². The standard InChI is InChI=1S/C21H16FN5O2S2/c1-11-2-3-14(30-11)12-6-13(22)20-15(7-12)31-19(24-20)9-18-27-26-17(29-18)8-16(28)25-21(10-23)4-5-21/h2-3,6-7H,4-5,8-9H2,1H3,(H,25,28). The van der Waals surface area contributed by atoms with E-state index in [0.717, 1.165) is 15.1 Å². The highest BCUT2D eigenvalue weighted by atomic mass is 32.1. The zero-order valence-corrected chi connectivity index (χ0v) is 18.1. The molecule has 3 heterocycles. The molecule has 0 atom stereocenters. The van der Waals surface area contributed by atoms with E-state index in [1.54, 1.807) is 11.3 Å². The van der Waals surface area contributed by atoms with Crippen LogP contribution in [0, 0.1) is 24.1 Å². The predicted molar refractivity (Wildman–Crippen MR) is 114 cm³/mol. The van der Waals surface area contributed by atoms with Crippen LogP contribution in [0.1, 0.15) is 34.5 Å². The van der Waals surface area contributed by atoms with Gasteiger partial charge in [-0.25, -0.2) is 9.37 Å². The van der Waals surface area contributed by atoms with E-state index in [1.807, 2.05) is 25.1 Å². The van der Waals surface area contributed by atoms with E-state index in [0.29, 0.717) is 29.3 Å². The molecular formula is C21H16FN5O2S2. The van der Waals surface area contributed by atoms with Crippen LogP contribution in [-0.4, -0.2) is 26.6 Å². The molecule has 156 valence electrons. The third-order valence-corrected chi connectivity index (χ3v) is 7.04. The lowest BCUT2D eigenvalue weighted by atomic mass is 10.2. The molecule has 1 aromatic carbocycles. The zero-order valence-electron chi connectivity index (χ0n) is 16.4. The zero-order chi connectivity index (χ0) is 21.6. The van der Waals surface area contributed by atoms with Gasteiger partial charge in [-0.3, -0.25) is 4.79 Å². The van der Waals surface area contributed by atoms with E-state index in [9.17, 15) is 9.18 Å². The molecule has 1 N–H and O–H groups in total. The lowest BCUT2D eigenvalue weighted by Crippen LogP contribution is -2.36. The lowest BCUT2D eigenvalue weighted by molar-refractivity contribution is -0.121. The number of nitriles is 1. The van der Waals surface area contributed by atoms with Gasteiger partial charge in [0.15, 0.2) is 5.82 Å². The Hall–Kier alpha value is -3.16. The molecule has 1 fully saturated rings. The van der Waals surface area contributed by atoms with Gasteiger partial charge in [0, 0.05) is 9.75 Å². The molecule has 4 aromatic rings. The second-order valence-electron chi connectivity index (χ2n) is 7.51. The van der Waals surface area contributed by atoms with E-state index in [4.69, 9.17) is 9.68 Å². The summed E-state index contributed by atoms with van der Waals surface area (Å²) in [4.78, 5) is 18.6. The van der Waals surface area contributed by atoms with Crippen LogP contribution in [0.4, 0.5) is 4.39 Å². The fourth-order valence-electron chi connectivity index (χ4n) is 3.24. The number of benzene rings is 1. The summed E-state index contributed by atoms with van der Waals surface area (Å²) < 4.78 is 20.9. The van der Waals surface area contributed by atoms with Gasteiger partial charge in [-0.2, -0.15) is 5.26 Å². The third kappa shape index (κ3) is 4.06. The second-order valence-corrected chi connectivity index (χ2v) is 9.91. The van der Waals surface area contributed by atoms with E-state index in [2.05, 4.69) is 26.6 Å². The van der Waals surface area contributed by atoms with Crippen LogP contribution in [0.25, 0.3) is 20.7 Å². The first-order chi connectivity index (χ1) is 14.9. The van der Waals surface area contributed by atoms with Crippen LogP contribution in [-0.2, 0) is 17.6 Å². The number of amides is 1. The minimum Gasteiger partial charge on any atom is -0.424 e. The molecule has 0 bridgehead atoms. The average molecular weight is 454 g/mol. The van der Waals surface area contributed by atoms with Gasteiger partial charge in [-0.05, 0) is 49.6 Å². The Bertz CT molecular complexity index is 1350. The van der Waals surface area contributed by atoms with Crippen molar-refractivity contribution in [3.05, 3.63) is 51.7 Å². The van der Waals surface area contributed by atoms with Crippen molar-refractivity contribution in [1.29, 1.82) is 5.26 Å². The number of rotatable bonds is 6. The van der Waals surface area contributed by atoms with E-state index in [-0.39, 0.29) is 30.5 Å². The fraction of sp³-hybridized carbons (Fsp3) is 0.286. The molecule has 1 aliphatic carbocycles. The van der Waals surface area contributed by atoms with Gasteiger partial charge in [0.25, 0.3) is 0 Å². The number of thiazole rings is 1. The quantitative estimate of drug-likeness (QED) is 0.470. The fourth-order valence-corrected chi connectivity index (χ4v) is 5.11. The van der Waals surface area contributed by atoms with Crippen molar-refractivity contribution in [2.24, 2.45) is 0 Å². The first kappa shape index (κ1) is 19.8. The van der Waals surface area contributed by atoms with Crippen molar-refractivity contribution >= 4 is 38.8 Å². The SMILES string of the molecule is Cc1ccc(-c2cc(F)c3nc(Cc4nnc(CC(=O)NC5(C#N)CC5)o4)sc3c2)s1. The van der Waals surface area contributed by atoms with E-state index >= 15 is 0 Å². The number of hydrogen-bond donors (Lipinski definition) is 1. The number of halogens is 1. The highest BCUT2D eigenvalue weighted by Gasteiger charge is 2.44. The number of carbonyl (C=O) groups excluding carboxylic acids is 1. The Morgan fingerprint density at radius 2 is 2.10 bits per heavy atom. The molecule has 0 unspecified atom stereocenters. The molecule has 5 rings (SSSR count). The molecule has 1 aliphatic rings. The van der Waals surface area contributed by atoms with Gasteiger partial charge >= 0.3 is 0 Å². The summed E-state index contributed by atoms with van der Waals surface area (Å²) in [5.74, 6) is -0.218. The maximum atomic E-state index is 14.6. The summed E-state index contributed by atoms with van der Waals surface area (Å²) in [6.45, 7) is 2.02. The number of carbonyl (C=O) groups is 1. The molecular weight excluding hydrogens is 437 g/mol. The Kier molecular flexibility index (Phi) is 4.79. The minimum atomic E-state index is -0.730. The van der Waals surface area contributed by atoms with Crippen molar-refractivity contribution in [3.63, 3.8) is 0 Å². The van der Waals surface area contributed by atoms with Crippen LogP contribution in [0.3, 0.4) is 0 Å². The molecule has 0 spiro atoms. The Morgan fingerprint density at radius 3 is 2.81 bits per heavy atom. The summed E-state index contributed by atoms with van der Waals surface area (Å²) in [6, 6.07) is 9.55. The molecule has 0 aliphatic heterocycles. The van der Waals surface area contributed by atoms with Gasteiger partial charge in [0.1, 0.15) is 22.5 Å². The summed E-state index contributed by atoms with van der Waals surface area (Å²) in [5, 5.41) is 20.3. The molecule has 0 radical (unpaired) electrons. The number of hydrogen-bond acceptors (Lipinski definition) is 8. The smallest absolute Gasteiger partial charge is 0.230 e. The highest BCUT2D eigenvalue weighted by molar-refractivity contribution is 7.18. The van der Waals surface area contributed by atoms with Crippen LogP contribution in [0.2, 0.25) is 0 Å². The van der Waals surface area contributed by atoms with Crippen molar-refractivity contribution in [2.75, 3.05) is 0 Å². The second kappa shape index (κ2) is 7.51. The highest BCUT2D eigenvalue weighted by Crippen LogP contribution is 2.35. The van der Waals surface area contributed by atoms with Gasteiger partial charge in [-0.1, -0.05) is 0 Å². The van der Waals surface area contributed by atoms with Crippen molar-refractivity contribution < 1.29 is 13.6 Å². The summed E-state index contributed by atoms with van der Waals surface area (Å²) >= 11 is 2.99. The monoisotopic (exact) mass is 453 g/mol. The van der Waals surface area contributed by atoms with Crippen LogP contribution in [0.15, 0.2) is 28.7 Å². The van der Waals surface area contributed by atoms with Crippen LogP contribution in [0.5, 0.6) is 0 Å². The predicted octanol–water partition coefficient (Wildman–Crippen LogP) is 4.16. The molecule has 1 amide bonds. The van der Waals surface area contributed by atoms with Gasteiger partial charge in [-0.15, -0.1) is 32.9 Å². The number of aromatic nitrogens is 3. The normalized spacial score (nSPS) is 14.5. The summed E-state index contributed by atoms with van der Waals surface area (Å²) in [5.41, 5.74) is 0.420. The minimum absolute atomic E-state index is 0.0888. The Morgan fingerprint density at radius 1 is 1.29 bits per heavy atom. The van der Waals surface area contributed by atoms with Gasteiger partial charge in [0.2, 0.25) is 17.7 Å². The maximum absolute atomic E-state index is 14.6. The number of thiophene rings is 1. The molecule has 31 heavy (non-hydrogen) atoms. The number of aryl methyl sites for hydroxylation is 1. The Labute approximate surface area is 184 Å². The molecule has 1 saturated carbocycles. The lowest BCUT2D eigenvalue weighted by Gasteiger charge is -2.06. The number of nitrogens with one attached hydrogen (secondary N) is 1. The number of nitrogens with zero attached hydrogens (tertiary/aromatic N) is 4. The van der Waals surface area contributed by atoms with Gasteiger partial charge < -0.3 is 9.73 Å². The summed E-state index contributed by atoms with van der Waals surface area (Å²) in [7, 11) is 0. The maximum Gasteiger partial charge on any atom is 0.230 e. The Balaban J connectivity index is 1.31. The van der Waals surface area contributed by atoms with Crippen LogP contribution < -0.4 is 5.32 Å². The average Bonchev–Trinajstić information content (AvgIpc) is 3.07. The first-order valence-corrected chi connectivity index (χ1v) is 11.3. The molecule has 7 nitrogen and oxygen atoms in total. The van der Waals surface area contributed by atoms with Gasteiger partial charge in [0.05, 0.1) is 17.2 Å². The third-order valence-electron chi connectivity index (χ3n) is 4.98. The topological polar surface area (TPSA) is 105 Å². The molecule has 0 saturated heterocycles.